The van der Waals surface area contributed by atoms with E-state index in [0.717, 1.165) is 0 Å². The van der Waals surface area contributed by atoms with Crippen LogP contribution in [-0.4, -0.2) is 155 Å². The first-order valence-electron chi connectivity index (χ1n) is 10.2. The predicted octanol–water partition coefficient (Wildman–Crippen LogP) is -7.01. The number of ether oxygens (including phenoxy) is 2. The molecule has 15 heteroatoms. The van der Waals surface area contributed by atoms with E-state index < -0.39 is 67.3 Å². The fourth-order valence-corrected chi connectivity index (χ4v) is 2.68. The maximum atomic E-state index is 11.9. The number of hydrogen-bond donors (Lipinski definition) is 11. The minimum absolute atomic E-state index is 0.00343. The molecule has 196 valence electrons. The molecule has 0 aromatic rings. The average molecular weight is 488 g/mol. The third kappa shape index (κ3) is 11.0. The zero-order valence-corrected chi connectivity index (χ0v) is 18.6. The molecule has 0 aliphatic carbocycles. The Labute approximate surface area is 190 Å². The zero-order chi connectivity index (χ0) is 25.6. The highest BCUT2D eigenvalue weighted by atomic mass is 16.5. The van der Waals surface area contributed by atoms with Crippen molar-refractivity contribution in [2.45, 2.75) is 48.8 Å². The smallest absolute Gasteiger partial charge is 0.251 e. The summed E-state index contributed by atoms with van der Waals surface area (Å²) in [6, 6.07) is 0. The van der Waals surface area contributed by atoms with Gasteiger partial charge in [0, 0.05) is 40.4 Å². The molecule has 0 saturated heterocycles. The first kappa shape index (κ1) is 31.5. The van der Waals surface area contributed by atoms with Crippen LogP contribution in [0.1, 0.15) is 0 Å². The van der Waals surface area contributed by atoms with Crippen molar-refractivity contribution >= 4 is 11.8 Å². The van der Waals surface area contributed by atoms with E-state index in [4.69, 9.17) is 14.6 Å². The summed E-state index contributed by atoms with van der Waals surface area (Å²) in [5.41, 5.74) is 0. The molecule has 0 radical (unpaired) electrons. The summed E-state index contributed by atoms with van der Waals surface area (Å²) in [6.07, 6.45) is -13.8. The van der Waals surface area contributed by atoms with E-state index in [0.29, 0.717) is 0 Å². The fraction of sp³-hybridized carbons (Fsp3) is 0.889. The molecular weight excluding hydrogens is 450 g/mol. The molecule has 0 bridgehead atoms. The van der Waals surface area contributed by atoms with Gasteiger partial charge in [-0.3, -0.25) is 9.59 Å². The van der Waals surface area contributed by atoms with E-state index in [1.54, 1.807) is 0 Å². The van der Waals surface area contributed by atoms with Crippen molar-refractivity contribution in [1.29, 1.82) is 0 Å². The van der Waals surface area contributed by atoms with Gasteiger partial charge in [0.15, 0.2) is 12.2 Å². The molecule has 2 amide bonds. The Morgan fingerprint density at radius 2 is 1.21 bits per heavy atom. The van der Waals surface area contributed by atoms with Crippen LogP contribution in [0.3, 0.4) is 0 Å². The van der Waals surface area contributed by atoms with Crippen LogP contribution in [0.25, 0.3) is 0 Å². The number of carbonyl (C=O) groups is 2. The minimum Gasteiger partial charge on any atom is -0.394 e. The molecule has 0 fully saturated rings. The summed E-state index contributed by atoms with van der Waals surface area (Å²) in [5, 5.41) is 84.0. The Hall–Kier alpha value is -1.50. The number of methoxy groups -OCH3 is 2. The number of amides is 2. The molecule has 33 heavy (non-hydrogen) atoms. The normalized spacial score (nSPS) is 19.0. The second-order valence-electron chi connectivity index (χ2n) is 7.17. The van der Waals surface area contributed by atoms with Gasteiger partial charge in [-0.1, -0.05) is 0 Å². The summed E-state index contributed by atoms with van der Waals surface area (Å²) < 4.78 is 9.65. The fourth-order valence-electron chi connectivity index (χ4n) is 2.68. The Morgan fingerprint density at radius 1 is 0.727 bits per heavy atom. The molecule has 0 aliphatic heterocycles. The number of hydrogen-bond acceptors (Lipinski definition) is 13. The van der Waals surface area contributed by atoms with Crippen molar-refractivity contribution in [2.24, 2.45) is 0 Å². The van der Waals surface area contributed by atoms with Crippen molar-refractivity contribution in [2.75, 3.05) is 53.6 Å². The molecule has 0 saturated carbocycles. The van der Waals surface area contributed by atoms with Gasteiger partial charge in [-0.15, -0.1) is 0 Å². The maximum absolute atomic E-state index is 11.9. The lowest BCUT2D eigenvalue weighted by Gasteiger charge is -2.28. The molecule has 0 heterocycles. The van der Waals surface area contributed by atoms with E-state index in [1.165, 1.54) is 14.2 Å². The Kier molecular flexibility index (Phi) is 16.2. The first-order valence-corrected chi connectivity index (χ1v) is 10.2. The van der Waals surface area contributed by atoms with Crippen LogP contribution in [0.4, 0.5) is 0 Å². The first-order chi connectivity index (χ1) is 15.5. The minimum atomic E-state index is -2.04. The number of carbonyl (C=O) groups excluding carboxylic acids is 2. The van der Waals surface area contributed by atoms with Gasteiger partial charge in [0.1, 0.15) is 36.6 Å². The molecule has 0 rings (SSSR count). The lowest BCUT2D eigenvalue weighted by Crippen LogP contribution is -2.53. The summed E-state index contributed by atoms with van der Waals surface area (Å²) >= 11 is 0. The topological polar surface area (TPSA) is 251 Å². The summed E-state index contributed by atoms with van der Waals surface area (Å²) in [4.78, 5) is 23.7. The lowest BCUT2D eigenvalue weighted by atomic mass is 10.0. The third-order valence-corrected chi connectivity index (χ3v) is 4.64. The molecule has 15 nitrogen and oxygen atoms in total. The second kappa shape index (κ2) is 17.0. The van der Waals surface area contributed by atoms with Crippen molar-refractivity contribution < 1.29 is 59.9 Å². The molecule has 11 N–H and O–H groups in total. The summed E-state index contributed by atoms with van der Waals surface area (Å²) in [6.45, 7) is -0.606. The molecular formula is C18H37N3O12. The highest BCUT2D eigenvalue weighted by molar-refractivity contribution is 5.81. The molecule has 8 atom stereocenters. The number of rotatable bonds is 18. The van der Waals surface area contributed by atoms with Gasteiger partial charge >= 0.3 is 0 Å². The largest absolute Gasteiger partial charge is 0.394 e. The monoisotopic (exact) mass is 487 g/mol. The summed E-state index contributed by atoms with van der Waals surface area (Å²) in [5.74, 6) is -1.91. The van der Waals surface area contributed by atoms with E-state index >= 15 is 0 Å². The Bertz CT molecular complexity index is 558. The van der Waals surface area contributed by atoms with E-state index in [9.17, 15) is 45.3 Å². The standard InChI is InChI=1S/C18H37N3O12/c1-32-8-10(24)16(33-2)13(27)15(29)18(31)21-6-4-19-3-5-20-17(30)14(28)12(26)11(25)9(23)7-22/h9-16,19,22-29H,3-8H2,1-2H3,(H,20,30)(H,21,31). The number of nitrogens with one attached hydrogen (secondary N) is 3. The van der Waals surface area contributed by atoms with E-state index in [1.807, 2.05) is 0 Å². The SMILES string of the molecule is COCC(O)C(OC)C(O)C(O)C(=O)NCCNCCNC(=O)C(O)C(O)C(O)C(O)CO. The van der Waals surface area contributed by atoms with Crippen LogP contribution in [-0.2, 0) is 19.1 Å². The third-order valence-electron chi connectivity index (χ3n) is 4.64. The van der Waals surface area contributed by atoms with Crippen LogP contribution < -0.4 is 16.0 Å². The van der Waals surface area contributed by atoms with Crippen molar-refractivity contribution in [1.82, 2.24) is 16.0 Å². The average Bonchev–Trinajstić information content (AvgIpc) is 2.80. The summed E-state index contributed by atoms with van der Waals surface area (Å²) in [7, 11) is 2.52. The van der Waals surface area contributed by atoms with Crippen LogP contribution >= 0.6 is 0 Å². The van der Waals surface area contributed by atoms with Gasteiger partial charge < -0.3 is 66.3 Å². The molecule has 0 aromatic heterocycles. The van der Waals surface area contributed by atoms with Gasteiger partial charge in [-0.2, -0.15) is 0 Å². The molecule has 0 aromatic carbocycles. The van der Waals surface area contributed by atoms with E-state index in [2.05, 4.69) is 16.0 Å². The second-order valence-corrected chi connectivity index (χ2v) is 7.17. The van der Waals surface area contributed by atoms with Crippen molar-refractivity contribution in [3.8, 4) is 0 Å². The van der Waals surface area contributed by atoms with Gasteiger partial charge in [0.2, 0.25) is 0 Å². The van der Waals surface area contributed by atoms with Gasteiger partial charge in [0.05, 0.1) is 13.2 Å². The number of aliphatic hydroxyl groups is 8. The molecule has 0 spiro atoms. The van der Waals surface area contributed by atoms with Crippen LogP contribution in [0.2, 0.25) is 0 Å². The van der Waals surface area contributed by atoms with Crippen LogP contribution in [0.5, 0.6) is 0 Å². The van der Waals surface area contributed by atoms with Gasteiger partial charge in [-0.25, -0.2) is 0 Å². The van der Waals surface area contributed by atoms with Crippen molar-refractivity contribution in [3.63, 3.8) is 0 Å². The zero-order valence-electron chi connectivity index (χ0n) is 18.6. The highest BCUT2D eigenvalue weighted by Gasteiger charge is 2.36. The highest BCUT2D eigenvalue weighted by Crippen LogP contribution is 2.09. The lowest BCUT2D eigenvalue weighted by molar-refractivity contribution is -0.154. The molecule has 8 unspecified atom stereocenters. The maximum Gasteiger partial charge on any atom is 0.251 e. The Balaban J connectivity index is 4.18. The van der Waals surface area contributed by atoms with Gasteiger partial charge in [0.25, 0.3) is 11.8 Å². The van der Waals surface area contributed by atoms with Crippen LogP contribution in [0, 0.1) is 0 Å². The quantitative estimate of drug-likeness (QED) is 0.0805. The van der Waals surface area contributed by atoms with Crippen molar-refractivity contribution in [3.05, 3.63) is 0 Å². The van der Waals surface area contributed by atoms with E-state index in [-0.39, 0.29) is 32.8 Å². The molecule has 0 aliphatic rings. The number of aliphatic hydroxyl groups excluding tert-OH is 8. The van der Waals surface area contributed by atoms with Gasteiger partial charge in [-0.05, 0) is 0 Å². The predicted molar refractivity (Wildman–Crippen MR) is 111 cm³/mol. The van der Waals surface area contributed by atoms with Crippen LogP contribution in [0.15, 0.2) is 0 Å². The Morgan fingerprint density at radius 3 is 1.64 bits per heavy atom.